The summed E-state index contributed by atoms with van der Waals surface area (Å²) in [6.45, 7) is 3.78. The predicted octanol–water partition coefficient (Wildman–Crippen LogP) is 4.12. The maximum atomic E-state index is 14.1. The minimum atomic E-state index is -4.58. The van der Waals surface area contributed by atoms with Gasteiger partial charge in [0.2, 0.25) is 0 Å². The van der Waals surface area contributed by atoms with Crippen molar-refractivity contribution in [2.75, 3.05) is 25.5 Å². The van der Waals surface area contributed by atoms with Gasteiger partial charge in [0.15, 0.2) is 5.82 Å². The minimum Gasteiger partial charge on any atom is -0.364 e. The Morgan fingerprint density at radius 1 is 1.19 bits per heavy atom. The number of piperidine rings is 1. The number of alkyl halides is 3. The molecule has 26 heavy (non-hydrogen) atoms. The molecule has 8 heteroatoms. The van der Waals surface area contributed by atoms with Crippen molar-refractivity contribution in [3.05, 3.63) is 41.2 Å². The smallest absolute Gasteiger partial charge is 0.364 e. The lowest BCUT2D eigenvalue weighted by Crippen LogP contribution is -2.40. The summed E-state index contributed by atoms with van der Waals surface area (Å²) in [6.07, 6.45) is -2.46. The Bertz CT molecular complexity index is 791. The monoisotopic (exact) mass is 368 g/mol. The number of likely N-dealkylation sites (N-methyl/N-ethyl adjacent to an activating group) is 1. The Morgan fingerprint density at radius 2 is 1.96 bits per heavy atom. The molecule has 0 saturated carbocycles. The molecule has 1 aliphatic rings. The van der Waals surface area contributed by atoms with Gasteiger partial charge in [-0.3, -0.25) is 0 Å². The van der Waals surface area contributed by atoms with Gasteiger partial charge in [-0.15, -0.1) is 10.2 Å². The van der Waals surface area contributed by atoms with Crippen LogP contribution in [0.25, 0.3) is 11.3 Å². The largest absolute Gasteiger partial charge is 0.416 e. The van der Waals surface area contributed by atoms with Crippen LogP contribution in [0.3, 0.4) is 0 Å². The fourth-order valence-electron chi connectivity index (χ4n) is 3.14. The molecule has 4 nitrogen and oxygen atoms in total. The molecule has 1 atom stereocenters. The molecule has 1 N–H and O–H groups in total. The van der Waals surface area contributed by atoms with Crippen LogP contribution in [0, 0.1) is 12.7 Å². The zero-order chi connectivity index (χ0) is 18.9. The predicted molar refractivity (Wildman–Crippen MR) is 91.3 cm³/mol. The third-order valence-electron chi connectivity index (χ3n) is 4.52. The highest BCUT2D eigenvalue weighted by molar-refractivity contribution is 5.63. The standard InChI is InChI=1S/C18H20F4N4/c1-11-8-16(14-6-5-12(9-15(14)19)18(20,21)22)24-25-17(11)23-13-4-3-7-26(2)10-13/h5-6,8-9,13H,3-4,7,10H2,1-2H3,(H,23,25)/t13-/m1/s1. The maximum Gasteiger partial charge on any atom is 0.416 e. The van der Waals surface area contributed by atoms with E-state index >= 15 is 0 Å². The second kappa shape index (κ2) is 7.19. The van der Waals surface area contributed by atoms with E-state index in [1.54, 1.807) is 6.07 Å². The van der Waals surface area contributed by atoms with Crippen LogP contribution in [0.4, 0.5) is 23.4 Å². The van der Waals surface area contributed by atoms with Gasteiger partial charge >= 0.3 is 6.18 Å². The van der Waals surface area contributed by atoms with Crippen molar-refractivity contribution >= 4 is 5.82 Å². The van der Waals surface area contributed by atoms with E-state index in [1.807, 2.05) is 6.92 Å². The summed E-state index contributed by atoms with van der Waals surface area (Å²) < 4.78 is 52.1. The van der Waals surface area contributed by atoms with Crippen LogP contribution in [-0.4, -0.2) is 41.3 Å². The Hall–Kier alpha value is -2.22. The van der Waals surface area contributed by atoms with Crippen molar-refractivity contribution in [2.45, 2.75) is 32.0 Å². The topological polar surface area (TPSA) is 41.1 Å². The third-order valence-corrected chi connectivity index (χ3v) is 4.52. The fraction of sp³-hybridized carbons (Fsp3) is 0.444. The molecule has 1 saturated heterocycles. The number of benzene rings is 1. The van der Waals surface area contributed by atoms with Gasteiger partial charge in [0.1, 0.15) is 5.82 Å². The molecule has 2 aromatic rings. The van der Waals surface area contributed by atoms with Crippen molar-refractivity contribution in [1.29, 1.82) is 0 Å². The molecule has 0 spiro atoms. The summed E-state index contributed by atoms with van der Waals surface area (Å²) in [6, 6.07) is 4.31. The number of aromatic nitrogens is 2. The average Bonchev–Trinajstić information content (AvgIpc) is 2.56. The minimum absolute atomic E-state index is 0.00227. The lowest BCUT2D eigenvalue weighted by atomic mass is 10.1. The first-order chi connectivity index (χ1) is 12.2. The first kappa shape index (κ1) is 18.6. The Labute approximate surface area is 149 Å². The molecule has 0 amide bonds. The zero-order valence-corrected chi connectivity index (χ0v) is 14.6. The average molecular weight is 368 g/mol. The molecule has 1 aromatic carbocycles. The van der Waals surface area contributed by atoms with E-state index in [0.717, 1.165) is 43.6 Å². The highest BCUT2D eigenvalue weighted by Crippen LogP contribution is 2.32. The molecule has 3 rings (SSSR count). The van der Waals surface area contributed by atoms with Gasteiger partial charge in [-0.1, -0.05) is 0 Å². The van der Waals surface area contributed by atoms with E-state index in [9.17, 15) is 17.6 Å². The van der Waals surface area contributed by atoms with Crippen LogP contribution < -0.4 is 5.32 Å². The summed E-state index contributed by atoms with van der Waals surface area (Å²) in [5.41, 5.74) is -0.0525. The van der Waals surface area contributed by atoms with Crippen LogP contribution in [0.2, 0.25) is 0 Å². The number of nitrogens with zero attached hydrogens (tertiary/aromatic N) is 3. The fourth-order valence-corrected chi connectivity index (χ4v) is 3.14. The molecule has 1 fully saturated rings. The van der Waals surface area contributed by atoms with Gasteiger partial charge in [0.05, 0.1) is 11.3 Å². The van der Waals surface area contributed by atoms with Gasteiger partial charge in [-0.05, 0) is 63.2 Å². The first-order valence-electron chi connectivity index (χ1n) is 8.40. The van der Waals surface area contributed by atoms with E-state index < -0.39 is 17.6 Å². The number of rotatable bonds is 3. The summed E-state index contributed by atoms with van der Waals surface area (Å²) in [7, 11) is 2.06. The molecule has 140 valence electrons. The van der Waals surface area contributed by atoms with E-state index in [-0.39, 0.29) is 17.3 Å². The van der Waals surface area contributed by atoms with Crippen LogP contribution >= 0.6 is 0 Å². The SMILES string of the molecule is Cc1cc(-c2ccc(C(F)(F)F)cc2F)nnc1N[C@@H]1CCCN(C)C1. The third kappa shape index (κ3) is 4.12. The van der Waals surface area contributed by atoms with Crippen LogP contribution in [0.5, 0.6) is 0 Å². The van der Waals surface area contributed by atoms with Crippen molar-refractivity contribution in [1.82, 2.24) is 15.1 Å². The van der Waals surface area contributed by atoms with Gasteiger partial charge in [-0.2, -0.15) is 13.2 Å². The highest BCUT2D eigenvalue weighted by Gasteiger charge is 2.31. The zero-order valence-electron chi connectivity index (χ0n) is 14.6. The summed E-state index contributed by atoms with van der Waals surface area (Å²) in [4.78, 5) is 2.23. The van der Waals surface area contributed by atoms with Crippen LogP contribution in [0.1, 0.15) is 24.0 Å². The molecular weight excluding hydrogens is 348 g/mol. The number of hydrogen-bond acceptors (Lipinski definition) is 4. The van der Waals surface area contributed by atoms with Crippen LogP contribution in [-0.2, 0) is 6.18 Å². The summed E-state index contributed by atoms with van der Waals surface area (Å²) in [5, 5.41) is 11.5. The van der Waals surface area contributed by atoms with Crippen molar-refractivity contribution in [3.63, 3.8) is 0 Å². The molecule has 1 aromatic heterocycles. The number of anilines is 1. The van der Waals surface area contributed by atoms with Gasteiger partial charge < -0.3 is 10.2 Å². The van der Waals surface area contributed by atoms with Crippen molar-refractivity contribution in [2.24, 2.45) is 0 Å². The lowest BCUT2D eigenvalue weighted by Gasteiger charge is -2.30. The molecule has 2 heterocycles. The van der Waals surface area contributed by atoms with Crippen LogP contribution in [0.15, 0.2) is 24.3 Å². The summed E-state index contributed by atoms with van der Waals surface area (Å²) in [5.74, 6) is -0.357. The van der Waals surface area contributed by atoms with E-state index in [4.69, 9.17) is 0 Å². The van der Waals surface area contributed by atoms with E-state index in [2.05, 4.69) is 27.5 Å². The number of aryl methyl sites for hydroxylation is 1. The van der Waals surface area contributed by atoms with Gasteiger partial charge in [-0.25, -0.2) is 4.39 Å². The molecule has 0 bridgehead atoms. The quantitative estimate of drug-likeness (QED) is 0.828. The van der Waals surface area contributed by atoms with E-state index in [1.165, 1.54) is 0 Å². The molecular formula is C18H20F4N4. The molecule has 0 radical (unpaired) electrons. The molecule has 0 aliphatic carbocycles. The second-order valence-electron chi connectivity index (χ2n) is 6.70. The van der Waals surface area contributed by atoms with Crippen molar-refractivity contribution in [3.8, 4) is 11.3 Å². The number of likely N-dealkylation sites (tertiary alicyclic amines) is 1. The van der Waals surface area contributed by atoms with Gasteiger partial charge in [0, 0.05) is 18.2 Å². The Balaban J connectivity index is 1.81. The Kier molecular flexibility index (Phi) is 5.13. The molecule has 0 unspecified atom stereocenters. The highest BCUT2D eigenvalue weighted by atomic mass is 19.4. The first-order valence-corrected chi connectivity index (χ1v) is 8.40. The Morgan fingerprint density at radius 3 is 2.58 bits per heavy atom. The lowest BCUT2D eigenvalue weighted by molar-refractivity contribution is -0.137. The maximum absolute atomic E-state index is 14.1. The number of nitrogens with one attached hydrogen (secondary N) is 1. The summed E-state index contributed by atoms with van der Waals surface area (Å²) >= 11 is 0. The van der Waals surface area contributed by atoms with E-state index in [0.29, 0.717) is 11.9 Å². The normalized spacial score (nSPS) is 18.8. The molecule has 1 aliphatic heterocycles. The number of hydrogen-bond donors (Lipinski definition) is 1. The van der Waals surface area contributed by atoms with Crippen molar-refractivity contribution < 1.29 is 17.6 Å². The van der Waals surface area contributed by atoms with Gasteiger partial charge in [0.25, 0.3) is 0 Å². The second-order valence-corrected chi connectivity index (χ2v) is 6.70. The number of halogens is 4.